The summed E-state index contributed by atoms with van der Waals surface area (Å²) in [5.74, 6) is 1.58. The second-order valence-corrected chi connectivity index (χ2v) is 3.77. The molecule has 2 heteroatoms. The third-order valence-electron chi connectivity index (χ3n) is 2.76. The molecule has 2 nitrogen and oxygen atoms in total. The average Bonchev–Trinajstić information content (AvgIpc) is 2.63. The van der Waals surface area contributed by atoms with E-state index in [4.69, 9.17) is 9.84 Å². The van der Waals surface area contributed by atoms with E-state index in [1.165, 1.54) is 5.56 Å². The van der Waals surface area contributed by atoms with Crippen molar-refractivity contribution in [3.05, 3.63) is 29.8 Å². The molecule has 1 aliphatic rings. The van der Waals surface area contributed by atoms with E-state index in [1.54, 1.807) is 0 Å². The van der Waals surface area contributed by atoms with Crippen LogP contribution in [0, 0.1) is 0 Å². The number of hydrogen-bond donors (Lipinski definition) is 1. The topological polar surface area (TPSA) is 29.5 Å². The Labute approximate surface area is 84.5 Å². The highest BCUT2D eigenvalue weighted by Gasteiger charge is 2.22. The van der Waals surface area contributed by atoms with E-state index in [9.17, 15) is 0 Å². The first-order valence-electron chi connectivity index (χ1n) is 5.24. The maximum absolute atomic E-state index is 8.70. The molecule has 2 rings (SSSR count). The molecule has 0 amide bonds. The molecule has 0 aromatic heterocycles. The Kier molecular flexibility index (Phi) is 3.04. The van der Waals surface area contributed by atoms with Gasteiger partial charge in [0.1, 0.15) is 5.75 Å². The monoisotopic (exact) mass is 192 g/mol. The van der Waals surface area contributed by atoms with Crippen LogP contribution in [0.4, 0.5) is 0 Å². The highest BCUT2D eigenvalue weighted by atomic mass is 16.5. The molecular formula is C12H16O2. The molecule has 0 bridgehead atoms. The van der Waals surface area contributed by atoms with Gasteiger partial charge in [-0.25, -0.2) is 0 Å². The van der Waals surface area contributed by atoms with Crippen molar-refractivity contribution in [2.24, 2.45) is 0 Å². The van der Waals surface area contributed by atoms with E-state index in [0.717, 1.165) is 31.6 Å². The van der Waals surface area contributed by atoms with Crippen LogP contribution in [0.25, 0.3) is 0 Å². The highest BCUT2D eigenvalue weighted by Crippen LogP contribution is 2.36. The molecule has 0 aliphatic carbocycles. The van der Waals surface area contributed by atoms with Crippen LogP contribution in [0.2, 0.25) is 0 Å². The Morgan fingerprint density at radius 2 is 2.14 bits per heavy atom. The minimum absolute atomic E-state index is 0.301. The number of aliphatic hydroxyl groups excluding tert-OH is 1. The fourth-order valence-corrected chi connectivity index (χ4v) is 1.97. The van der Waals surface area contributed by atoms with E-state index in [0.29, 0.717) is 12.5 Å². The quantitative estimate of drug-likeness (QED) is 0.742. The predicted octanol–water partition coefficient (Wildman–Crippen LogP) is 2.33. The summed E-state index contributed by atoms with van der Waals surface area (Å²) in [6.07, 6.45) is 3.11. The third kappa shape index (κ3) is 1.90. The van der Waals surface area contributed by atoms with Gasteiger partial charge in [0, 0.05) is 18.1 Å². The van der Waals surface area contributed by atoms with Crippen molar-refractivity contribution in [1.29, 1.82) is 0 Å². The molecule has 1 heterocycles. The van der Waals surface area contributed by atoms with Gasteiger partial charge in [0.25, 0.3) is 0 Å². The minimum atomic E-state index is 0.301. The zero-order valence-corrected chi connectivity index (χ0v) is 8.28. The Bertz CT molecular complexity index is 296. The SMILES string of the molecule is OCCCCC1COc2ccccc21. The summed E-state index contributed by atoms with van der Waals surface area (Å²) in [4.78, 5) is 0. The van der Waals surface area contributed by atoms with Crippen molar-refractivity contribution >= 4 is 0 Å². The van der Waals surface area contributed by atoms with Gasteiger partial charge in [-0.2, -0.15) is 0 Å². The van der Waals surface area contributed by atoms with Crippen LogP contribution in [-0.4, -0.2) is 18.3 Å². The minimum Gasteiger partial charge on any atom is -0.493 e. The highest BCUT2D eigenvalue weighted by molar-refractivity contribution is 5.39. The summed E-state index contributed by atoms with van der Waals surface area (Å²) in [6.45, 7) is 1.11. The van der Waals surface area contributed by atoms with Crippen LogP contribution in [0.15, 0.2) is 24.3 Å². The third-order valence-corrected chi connectivity index (χ3v) is 2.76. The molecule has 76 valence electrons. The summed E-state index contributed by atoms with van der Waals surface area (Å²) in [5.41, 5.74) is 1.34. The van der Waals surface area contributed by atoms with Crippen LogP contribution >= 0.6 is 0 Å². The molecule has 0 saturated heterocycles. The first kappa shape index (κ1) is 9.53. The lowest BCUT2D eigenvalue weighted by Gasteiger charge is -2.07. The summed E-state index contributed by atoms with van der Waals surface area (Å²) in [6, 6.07) is 8.24. The largest absolute Gasteiger partial charge is 0.493 e. The van der Waals surface area contributed by atoms with Crippen LogP contribution in [0.3, 0.4) is 0 Å². The molecule has 1 atom stereocenters. The van der Waals surface area contributed by atoms with Gasteiger partial charge in [-0.3, -0.25) is 0 Å². The number of aliphatic hydroxyl groups is 1. The van der Waals surface area contributed by atoms with Gasteiger partial charge < -0.3 is 9.84 Å². The van der Waals surface area contributed by atoms with Crippen LogP contribution in [0.5, 0.6) is 5.75 Å². The van der Waals surface area contributed by atoms with Crippen molar-refractivity contribution in [2.45, 2.75) is 25.2 Å². The molecule has 14 heavy (non-hydrogen) atoms. The summed E-state index contributed by atoms with van der Waals surface area (Å²) in [7, 11) is 0. The molecule has 0 radical (unpaired) electrons. The lowest BCUT2D eigenvalue weighted by Crippen LogP contribution is -2.00. The number of ether oxygens (including phenoxy) is 1. The van der Waals surface area contributed by atoms with Gasteiger partial charge in [0.15, 0.2) is 0 Å². The lowest BCUT2D eigenvalue weighted by molar-refractivity contribution is 0.275. The molecule has 0 spiro atoms. The van der Waals surface area contributed by atoms with E-state index in [-0.39, 0.29) is 0 Å². The van der Waals surface area contributed by atoms with E-state index in [1.807, 2.05) is 12.1 Å². The maximum Gasteiger partial charge on any atom is 0.122 e. The predicted molar refractivity (Wildman–Crippen MR) is 55.6 cm³/mol. The van der Waals surface area contributed by atoms with Crippen molar-refractivity contribution in [3.63, 3.8) is 0 Å². The normalized spacial score (nSPS) is 19.1. The summed E-state index contributed by atoms with van der Waals surface area (Å²) < 4.78 is 5.58. The van der Waals surface area contributed by atoms with E-state index < -0.39 is 0 Å². The molecule has 0 fully saturated rings. The number of hydrogen-bond acceptors (Lipinski definition) is 2. The number of fused-ring (bicyclic) bond motifs is 1. The zero-order valence-electron chi connectivity index (χ0n) is 8.28. The van der Waals surface area contributed by atoms with Gasteiger partial charge in [0.2, 0.25) is 0 Å². The molecule has 1 aromatic rings. The van der Waals surface area contributed by atoms with E-state index in [2.05, 4.69) is 12.1 Å². The van der Waals surface area contributed by atoms with Crippen molar-refractivity contribution in [1.82, 2.24) is 0 Å². The number of para-hydroxylation sites is 1. The van der Waals surface area contributed by atoms with Gasteiger partial charge in [-0.15, -0.1) is 0 Å². The average molecular weight is 192 g/mol. The van der Waals surface area contributed by atoms with Crippen molar-refractivity contribution in [2.75, 3.05) is 13.2 Å². The van der Waals surface area contributed by atoms with Crippen molar-refractivity contribution < 1.29 is 9.84 Å². The molecule has 1 unspecified atom stereocenters. The lowest BCUT2D eigenvalue weighted by atomic mass is 9.96. The van der Waals surface area contributed by atoms with Gasteiger partial charge in [-0.1, -0.05) is 24.6 Å². The number of benzene rings is 1. The van der Waals surface area contributed by atoms with Crippen molar-refractivity contribution in [3.8, 4) is 5.75 Å². The molecule has 1 aliphatic heterocycles. The summed E-state index contributed by atoms with van der Waals surface area (Å²) >= 11 is 0. The smallest absolute Gasteiger partial charge is 0.122 e. The second-order valence-electron chi connectivity index (χ2n) is 3.77. The Morgan fingerprint density at radius 3 is 3.00 bits per heavy atom. The Balaban J connectivity index is 1.96. The fourth-order valence-electron chi connectivity index (χ4n) is 1.97. The zero-order chi connectivity index (χ0) is 9.80. The van der Waals surface area contributed by atoms with Gasteiger partial charge >= 0.3 is 0 Å². The fraction of sp³-hybridized carbons (Fsp3) is 0.500. The Hall–Kier alpha value is -1.02. The standard InChI is InChI=1S/C12H16O2/c13-8-4-3-5-10-9-14-12-7-2-1-6-11(10)12/h1-2,6-7,10,13H,3-5,8-9H2. The van der Waals surface area contributed by atoms with Crippen LogP contribution in [-0.2, 0) is 0 Å². The van der Waals surface area contributed by atoms with E-state index >= 15 is 0 Å². The summed E-state index contributed by atoms with van der Waals surface area (Å²) in [5, 5.41) is 8.70. The molecule has 1 aromatic carbocycles. The number of unbranched alkanes of at least 4 members (excludes halogenated alkanes) is 1. The number of rotatable bonds is 4. The van der Waals surface area contributed by atoms with Crippen LogP contribution < -0.4 is 4.74 Å². The Morgan fingerprint density at radius 1 is 1.29 bits per heavy atom. The molecule has 1 N–H and O–H groups in total. The maximum atomic E-state index is 8.70. The van der Waals surface area contributed by atoms with Gasteiger partial charge in [-0.05, 0) is 18.9 Å². The first-order chi connectivity index (χ1) is 6.92. The second kappa shape index (κ2) is 4.47. The van der Waals surface area contributed by atoms with Crippen LogP contribution in [0.1, 0.15) is 30.7 Å². The molecular weight excluding hydrogens is 176 g/mol. The first-order valence-corrected chi connectivity index (χ1v) is 5.24. The molecule has 0 saturated carbocycles. The van der Waals surface area contributed by atoms with Gasteiger partial charge in [0.05, 0.1) is 6.61 Å².